The molecular formula is C12H20N4O2. The highest BCUT2D eigenvalue weighted by Crippen LogP contribution is 2.25. The first-order valence-corrected chi connectivity index (χ1v) is 6.24. The van der Waals surface area contributed by atoms with E-state index in [1.165, 1.54) is 6.07 Å². The van der Waals surface area contributed by atoms with Gasteiger partial charge >= 0.3 is 5.69 Å². The van der Waals surface area contributed by atoms with Gasteiger partial charge < -0.3 is 10.6 Å². The van der Waals surface area contributed by atoms with Gasteiger partial charge in [-0.05, 0) is 26.3 Å². The number of hydrogen-bond acceptors (Lipinski definition) is 5. The molecule has 0 amide bonds. The van der Waals surface area contributed by atoms with E-state index >= 15 is 0 Å². The van der Waals surface area contributed by atoms with Crippen molar-refractivity contribution < 1.29 is 4.92 Å². The first kappa shape index (κ1) is 14.2. The molecule has 1 atom stereocenters. The topological polar surface area (TPSA) is 80.1 Å². The van der Waals surface area contributed by atoms with E-state index in [0.717, 1.165) is 19.4 Å². The summed E-state index contributed by atoms with van der Waals surface area (Å²) in [5, 5.41) is 17.1. The van der Waals surface area contributed by atoms with E-state index in [1.807, 2.05) is 13.8 Å². The molecule has 18 heavy (non-hydrogen) atoms. The Morgan fingerprint density at radius 2 is 2.17 bits per heavy atom. The summed E-state index contributed by atoms with van der Waals surface area (Å²) in [4.78, 5) is 14.8. The van der Waals surface area contributed by atoms with Crippen molar-refractivity contribution in [1.82, 2.24) is 4.98 Å². The maximum absolute atomic E-state index is 10.9. The Morgan fingerprint density at radius 3 is 2.72 bits per heavy atom. The Balaban J connectivity index is 2.95. The molecule has 0 spiro atoms. The van der Waals surface area contributed by atoms with Crippen molar-refractivity contribution in [2.24, 2.45) is 0 Å². The number of rotatable bonds is 7. The van der Waals surface area contributed by atoms with Gasteiger partial charge in [0, 0.05) is 18.7 Å². The van der Waals surface area contributed by atoms with Gasteiger partial charge in [0.15, 0.2) is 0 Å². The van der Waals surface area contributed by atoms with E-state index in [2.05, 4.69) is 22.5 Å². The normalized spacial score (nSPS) is 11.9. The Morgan fingerprint density at radius 1 is 1.44 bits per heavy atom. The molecule has 6 heteroatoms. The summed E-state index contributed by atoms with van der Waals surface area (Å²) >= 11 is 0. The van der Waals surface area contributed by atoms with Crippen LogP contribution in [0.25, 0.3) is 0 Å². The lowest BCUT2D eigenvalue weighted by Gasteiger charge is -2.14. The Bertz CT molecular complexity index is 409. The van der Waals surface area contributed by atoms with Crippen LogP contribution in [0.2, 0.25) is 0 Å². The number of nitrogens with zero attached hydrogens (tertiary/aromatic N) is 2. The maximum atomic E-state index is 10.9. The molecule has 0 bridgehead atoms. The van der Waals surface area contributed by atoms with Gasteiger partial charge in [0.1, 0.15) is 5.82 Å². The van der Waals surface area contributed by atoms with Gasteiger partial charge in [0.25, 0.3) is 0 Å². The first-order chi connectivity index (χ1) is 8.58. The fourth-order valence-corrected chi connectivity index (χ4v) is 1.72. The van der Waals surface area contributed by atoms with Crippen LogP contribution in [0.3, 0.4) is 0 Å². The highest BCUT2D eigenvalue weighted by molar-refractivity contribution is 5.60. The summed E-state index contributed by atoms with van der Waals surface area (Å²) in [5.41, 5.74) is 0.0135. The molecule has 1 heterocycles. The molecule has 0 saturated carbocycles. The summed E-state index contributed by atoms with van der Waals surface area (Å²) in [6, 6.07) is 3.27. The molecule has 0 radical (unpaired) electrons. The molecule has 0 aliphatic carbocycles. The lowest BCUT2D eigenvalue weighted by Crippen LogP contribution is -2.17. The summed E-state index contributed by atoms with van der Waals surface area (Å²) in [5.74, 6) is 0.980. The summed E-state index contributed by atoms with van der Waals surface area (Å²) in [7, 11) is 0. The van der Waals surface area contributed by atoms with E-state index in [-0.39, 0.29) is 11.7 Å². The smallest absolute Gasteiger partial charge is 0.311 e. The second-order valence-electron chi connectivity index (χ2n) is 4.19. The molecule has 0 aliphatic rings. The van der Waals surface area contributed by atoms with Gasteiger partial charge in [0.05, 0.1) is 4.92 Å². The zero-order chi connectivity index (χ0) is 13.5. The van der Waals surface area contributed by atoms with E-state index in [0.29, 0.717) is 11.6 Å². The van der Waals surface area contributed by atoms with E-state index < -0.39 is 4.92 Å². The third kappa shape index (κ3) is 3.87. The van der Waals surface area contributed by atoms with Crippen LogP contribution in [0, 0.1) is 10.1 Å². The van der Waals surface area contributed by atoms with Gasteiger partial charge in [-0.25, -0.2) is 4.98 Å². The zero-order valence-electron chi connectivity index (χ0n) is 11.1. The van der Waals surface area contributed by atoms with Gasteiger partial charge in [-0.2, -0.15) is 0 Å². The van der Waals surface area contributed by atoms with Crippen LogP contribution < -0.4 is 10.6 Å². The Kier molecular flexibility index (Phi) is 5.35. The van der Waals surface area contributed by atoms with Crippen molar-refractivity contribution in [3.8, 4) is 0 Å². The second kappa shape index (κ2) is 6.78. The maximum Gasteiger partial charge on any atom is 0.311 e. The van der Waals surface area contributed by atoms with Gasteiger partial charge in [-0.15, -0.1) is 0 Å². The lowest BCUT2D eigenvalue weighted by atomic mass is 10.2. The number of nitrogens with one attached hydrogen (secondary N) is 2. The SMILES string of the molecule is CCCC(C)Nc1nc(NCC)ccc1[N+](=O)[O-]. The van der Waals surface area contributed by atoms with Crippen LogP contribution in [-0.4, -0.2) is 22.5 Å². The molecule has 1 unspecified atom stereocenters. The quantitative estimate of drug-likeness (QED) is 0.576. The number of anilines is 2. The molecule has 0 fully saturated rings. The van der Waals surface area contributed by atoms with E-state index in [9.17, 15) is 10.1 Å². The van der Waals surface area contributed by atoms with Crippen molar-refractivity contribution in [2.45, 2.75) is 39.7 Å². The molecule has 6 nitrogen and oxygen atoms in total. The monoisotopic (exact) mass is 252 g/mol. The van der Waals surface area contributed by atoms with Crippen molar-refractivity contribution in [3.05, 3.63) is 22.2 Å². The second-order valence-corrected chi connectivity index (χ2v) is 4.19. The van der Waals surface area contributed by atoms with Gasteiger partial charge in [0.2, 0.25) is 5.82 Å². The summed E-state index contributed by atoms with van der Waals surface area (Å²) in [6.45, 7) is 6.76. The molecule has 100 valence electrons. The Hall–Kier alpha value is -1.85. The highest BCUT2D eigenvalue weighted by Gasteiger charge is 2.17. The van der Waals surface area contributed by atoms with Crippen LogP contribution in [0.5, 0.6) is 0 Å². The molecule has 0 saturated heterocycles. The van der Waals surface area contributed by atoms with Crippen molar-refractivity contribution >= 4 is 17.3 Å². The van der Waals surface area contributed by atoms with E-state index in [4.69, 9.17) is 0 Å². The average molecular weight is 252 g/mol. The number of aromatic nitrogens is 1. The predicted molar refractivity (Wildman–Crippen MR) is 73.0 cm³/mol. The molecular weight excluding hydrogens is 232 g/mol. The minimum Gasteiger partial charge on any atom is -0.370 e. The highest BCUT2D eigenvalue weighted by atomic mass is 16.6. The largest absolute Gasteiger partial charge is 0.370 e. The van der Waals surface area contributed by atoms with Crippen molar-refractivity contribution in [1.29, 1.82) is 0 Å². The zero-order valence-corrected chi connectivity index (χ0v) is 11.1. The third-order valence-electron chi connectivity index (χ3n) is 2.53. The summed E-state index contributed by atoms with van der Waals surface area (Å²) < 4.78 is 0. The van der Waals surface area contributed by atoms with Crippen LogP contribution >= 0.6 is 0 Å². The van der Waals surface area contributed by atoms with Gasteiger partial charge in [-0.3, -0.25) is 10.1 Å². The van der Waals surface area contributed by atoms with Crippen LogP contribution in [0.15, 0.2) is 12.1 Å². The average Bonchev–Trinajstić information content (AvgIpc) is 2.29. The fourth-order valence-electron chi connectivity index (χ4n) is 1.72. The molecule has 1 aromatic rings. The van der Waals surface area contributed by atoms with Crippen molar-refractivity contribution in [3.63, 3.8) is 0 Å². The van der Waals surface area contributed by atoms with Crippen molar-refractivity contribution in [2.75, 3.05) is 17.2 Å². The third-order valence-corrected chi connectivity index (χ3v) is 2.53. The van der Waals surface area contributed by atoms with Crippen LogP contribution in [0.1, 0.15) is 33.6 Å². The molecule has 1 aromatic heterocycles. The van der Waals surface area contributed by atoms with E-state index in [1.54, 1.807) is 6.07 Å². The van der Waals surface area contributed by atoms with Crippen LogP contribution in [0.4, 0.5) is 17.3 Å². The predicted octanol–water partition coefficient (Wildman–Crippen LogP) is 3.02. The summed E-state index contributed by atoms with van der Waals surface area (Å²) in [6.07, 6.45) is 1.97. The lowest BCUT2D eigenvalue weighted by molar-refractivity contribution is -0.384. The minimum atomic E-state index is -0.413. The molecule has 0 aromatic carbocycles. The molecule has 1 rings (SSSR count). The van der Waals surface area contributed by atoms with Gasteiger partial charge in [-0.1, -0.05) is 13.3 Å². The molecule has 2 N–H and O–H groups in total. The Labute approximate surface area is 107 Å². The number of nitro groups is 1. The number of pyridine rings is 1. The standard InChI is InChI=1S/C12H20N4O2/c1-4-6-9(3)14-12-10(16(17)18)7-8-11(15-12)13-5-2/h7-9H,4-6H2,1-3H3,(H2,13,14,15). The molecule has 0 aliphatic heterocycles. The van der Waals surface area contributed by atoms with Crippen LogP contribution in [-0.2, 0) is 0 Å². The first-order valence-electron chi connectivity index (χ1n) is 6.24. The minimum absolute atomic E-state index is 0.0135. The fraction of sp³-hybridized carbons (Fsp3) is 0.583. The number of hydrogen-bond donors (Lipinski definition) is 2.